The van der Waals surface area contributed by atoms with Crippen LogP contribution in [0.4, 0.5) is 0 Å². The number of hydrogen-bond acceptors (Lipinski definition) is 6. The van der Waals surface area contributed by atoms with Crippen LogP contribution in [0.3, 0.4) is 0 Å². The van der Waals surface area contributed by atoms with Crippen molar-refractivity contribution in [2.75, 3.05) is 13.1 Å². The highest BCUT2D eigenvalue weighted by molar-refractivity contribution is 5.85. The molecule has 9 heteroatoms. The summed E-state index contributed by atoms with van der Waals surface area (Å²) in [6, 6.07) is 10.8. The summed E-state index contributed by atoms with van der Waals surface area (Å²) in [5.41, 5.74) is 2.91. The standard InChI is InChI=1S/C26H31N5O3.ClH/c1-16(2)20-14-21(24(33)15-23(20)32)25-28-29-26(34)31(25)19-3-4-22-18(13-19)8-12-30(22)11-7-17-5-9-27-10-6-17;/h3-4,8,12-17,27,32-33H,5-7,9-11H2,1-2H3,(H,29,34);1H. The van der Waals surface area contributed by atoms with Gasteiger partial charge in [0.25, 0.3) is 0 Å². The van der Waals surface area contributed by atoms with E-state index in [2.05, 4.69) is 32.3 Å². The minimum Gasteiger partial charge on any atom is -0.508 e. The first-order valence-electron chi connectivity index (χ1n) is 11.9. The van der Waals surface area contributed by atoms with Gasteiger partial charge in [-0.05, 0) is 80.1 Å². The highest BCUT2D eigenvalue weighted by Gasteiger charge is 2.21. The lowest BCUT2D eigenvalue weighted by atomic mass is 9.95. The van der Waals surface area contributed by atoms with Crippen LogP contribution in [0, 0.1) is 5.92 Å². The number of rotatable bonds is 6. The second kappa shape index (κ2) is 10.2. The molecule has 8 nitrogen and oxygen atoms in total. The molecule has 0 atom stereocenters. The van der Waals surface area contributed by atoms with Crippen molar-refractivity contribution in [3.05, 3.63) is 48.2 Å². The van der Waals surface area contributed by atoms with Gasteiger partial charge in [0.1, 0.15) is 11.5 Å². The van der Waals surface area contributed by atoms with Gasteiger partial charge in [-0.3, -0.25) is 0 Å². The molecule has 5 rings (SSSR count). The number of phenols is 2. The molecule has 2 aromatic heterocycles. The molecule has 4 aromatic rings. The summed E-state index contributed by atoms with van der Waals surface area (Å²) < 4.78 is 3.80. The van der Waals surface area contributed by atoms with Gasteiger partial charge in [0, 0.05) is 29.7 Å². The van der Waals surface area contributed by atoms with Crippen LogP contribution >= 0.6 is 12.4 Å². The number of aromatic nitrogens is 4. The molecule has 2 aromatic carbocycles. The van der Waals surface area contributed by atoms with Crippen molar-refractivity contribution in [3.8, 4) is 34.6 Å². The number of aryl methyl sites for hydroxylation is 1. The second-order valence-electron chi connectivity index (χ2n) is 9.48. The Morgan fingerprint density at radius 3 is 2.51 bits per heavy atom. The van der Waals surface area contributed by atoms with Gasteiger partial charge in [-0.25, -0.2) is 4.57 Å². The zero-order valence-corrected chi connectivity index (χ0v) is 20.8. The molecule has 0 aliphatic carbocycles. The Kier molecular flexibility index (Phi) is 7.23. The van der Waals surface area contributed by atoms with E-state index in [0.29, 0.717) is 22.6 Å². The van der Waals surface area contributed by atoms with Crippen LogP contribution in [0.25, 0.3) is 28.0 Å². The summed E-state index contributed by atoms with van der Waals surface area (Å²) in [6.07, 6.45) is 5.76. The Morgan fingerprint density at radius 1 is 1.00 bits per heavy atom. The van der Waals surface area contributed by atoms with Crippen molar-refractivity contribution in [3.63, 3.8) is 0 Å². The average Bonchev–Trinajstić information content (AvgIpc) is 3.41. The fraction of sp³-hybridized carbons (Fsp3) is 0.385. The van der Waals surface area contributed by atoms with Crippen molar-refractivity contribution < 1.29 is 15.3 Å². The van der Waals surface area contributed by atoms with Crippen LogP contribution in [0.15, 0.2) is 42.6 Å². The SMILES string of the molecule is CC(C)c1cc(-c2nnc(O)n2-c2ccc3c(ccn3CCC3CCNCC3)c2)c(O)cc1O.Cl. The maximum Gasteiger partial charge on any atom is 0.319 e. The summed E-state index contributed by atoms with van der Waals surface area (Å²) in [4.78, 5) is 0. The van der Waals surface area contributed by atoms with E-state index in [1.54, 1.807) is 6.07 Å². The molecule has 0 bridgehead atoms. The van der Waals surface area contributed by atoms with Gasteiger partial charge in [0.15, 0.2) is 5.82 Å². The highest BCUT2D eigenvalue weighted by atomic mass is 35.5. The van der Waals surface area contributed by atoms with Gasteiger partial charge in [0.2, 0.25) is 0 Å². The number of nitrogens with zero attached hydrogens (tertiary/aromatic N) is 4. The summed E-state index contributed by atoms with van der Waals surface area (Å²) in [5.74, 6) is 1.02. The zero-order valence-electron chi connectivity index (χ0n) is 20.0. The maximum atomic E-state index is 10.5. The Hall–Kier alpha value is -3.23. The van der Waals surface area contributed by atoms with Crippen molar-refractivity contribution in [2.45, 2.75) is 45.6 Å². The van der Waals surface area contributed by atoms with Crippen molar-refractivity contribution in [1.29, 1.82) is 0 Å². The van der Waals surface area contributed by atoms with Gasteiger partial charge in [-0.1, -0.05) is 18.9 Å². The molecular weight excluding hydrogens is 466 g/mol. The fourth-order valence-corrected chi connectivity index (χ4v) is 4.94. The first-order chi connectivity index (χ1) is 16.4. The quantitative estimate of drug-likeness (QED) is 0.300. The van der Waals surface area contributed by atoms with Crippen LogP contribution in [0.5, 0.6) is 17.5 Å². The molecule has 186 valence electrons. The molecule has 0 spiro atoms. The molecule has 35 heavy (non-hydrogen) atoms. The Morgan fingerprint density at radius 2 is 1.77 bits per heavy atom. The minimum atomic E-state index is -0.265. The molecule has 0 saturated carbocycles. The number of hydrogen-bond donors (Lipinski definition) is 4. The number of aromatic hydroxyl groups is 3. The van der Waals surface area contributed by atoms with E-state index in [4.69, 9.17) is 0 Å². The first kappa shape index (κ1) is 24.9. The zero-order chi connectivity index (χ0) is 23.8. The van der Waals surface area contributed by atoms with Gasteiger partial charge in [-0.15, -0.1) is 17.5 Å². The first-order valence-corrected chi connectivity index (χ1v) is 11.9. The smallest absolute Gasteiger partial charge is 0.319 e. The lowest BCUT2D eigenvalue weighted by molar-refractivity contribution is 0.339. The molecule has 0 unspecified atom stereocenters. The summed E-state index contributed by atoms with van der Waals surface area (Å²) in [5, 5.41) is 43.8. The third kappa shape index (κ3) is 4.81. The van der Waals surface area contributed by atoms with E-state index in [1.807, 2.05) is 32.0 Å². The van der Waals surface area contributed by atoms with E-state index in [9.17, 15) is 15.3 Å². The predicted octanol–water partition coefficient (Wildman–Crippen LogP) is 4.94. The monoisotopic (exact) mass is 497 g/mol. The van der Waals surface area contributed by atoms with E-state index >= 15 is 0 Å². The topological polar surface area (TPSA) is 108 Å². The summed E-state index contributed by atoms with van der Waals surface area (Å²) in [6.45, 7) is 7.13. The third-order valence-corrected chi connectivity index (χ3v) is 6.90. The Labute approximate surface area is 210 Å². The van der Waals surface area contributed by atoms with Gasteiger partial charge >= 0.3 is 6.01 Å². The lowest BCUT2D eigenvalue weighted by Crippen LogP contribution is -2.28. The van der Waals surface area contributed by atoms with Crippen LogP contribution in [0.2, 0.25) is 0 Å². The van der Waals surface area contributed by atoms with Gasteiger partial charge < -0.3 is 25.2 Å². The molecule has 4 N–H and O–H groups in total. The number of benzene rings is 2. The molecule has 0 amide bonds. The average molecular weight is 498 g/mol. The van der Waals surface area contributed by atoms with Gasteiger partial charge in [0.05, 0.1) is 11.3 Å². The summed E-state index contributed by atoms with van der Waals surface area (Å²) >= 11 is 0. The summed E-state index contributed by atoms with van der Waals surface area (Å²) in [7, 11) is 0. The van der Waals surface area contributed by atoms with E-state index < -0.39 is 0 Å². The highest BCUT2D eigenvalue weighted by Crippen LogP contribution is 2.39. The fourth-order valence-electron chi connectivity index (χ4n) is 4.94. The molecule has 1 fully saturated rings. The van der Waals surface area contributed by atoms with Gasteiger partial charge in [-0.2, -0.15) is 0 Å². The second-order valence-corrected chi connectivity index (χ2v) is 9.48. The Bertz CT molecular complexity index is 1320. The minimum absolute atomic E-state index is 0. The number of piperidine rings is 1. The van der Waals surface area contributed by atoms with E-state index in [-0.39, 0.29) is 35.8 Å². The van der Waals surface area contributed by atoms with E-state index in [0.717, 1.165) is 36.5 Å². The van der Waals surface area contributed by atoms with Crippen molar-refractivity contribution >= 4 is 23.3 Å². The van der Waals surface area contributed by atoms with Crippen LogP contribution in [-0.2, 0) is 6.54 Å². The Balaban J connectivity index is 0.00000289. The van der Waals surface area contributed by atoms with E-state index in [1.165, 1.54) is 29.9 Å². The number of nitrogens with one attached hydrogen (secondary N) is 1. The molecule has 3 heterocycles. The van der Waals surface area contributed by atoms with Crippen LogP contribution in [0.1, 0.15) is 44.6 Å². The molecule has 1 saturated heterocycles. The molecule has 1 aliphatic rings. The van der Waals surface area contributed by atoms with Crippen LogP contribution in [-0.4, -0.2) is 47.7 Å². The normalized spacial score (nSPS) is 14.5. The number of phenolic OH excluding ortho intramolecular Hbond substituents is 2. The largest absolute Gasteiger partial charge is 0.508 e. The van der Waals surface area contributed by atoms with Crippen molar-refractivity contribution in [1.82, 2.24) is 24.6 Å². The van der Waals surface area contributed by atoms with Crippen LogP contribution < -0.4 is 5.32 Å². The maximum absolute atomic E-state index is 10.5. The molecular formula is C26H32ClN5O3. The third-order valence-electron chi connectivity index (χ3n) is 6.90. The van der Waals surface area contributed by atoms with Crippen molar-refractivity contribution in [2.24, 2.45) is 5.92 Å². The lowest BCUT2D eigenvalue weighted by Gasteiger charge is -2.22. The predicted molar refractivity (Wildman–Crippen MR) is 139 cm³/mol. The number of fused-ring (bicyclic) bond motifs is 1. The molecule has 0 radical (unpaired) electrons. The number of halogens is 1. The molecule has 1 aliphatic heterocycles.